The Kier molecular flexibility index (Phi) is 8.89. The Balaban J connectivity index is 1.72. The first-order valence-electron chi connectivity index (χ1n) is 12.8. The number of hydrogen-bond donors (Lipinski definition) is 2. The second kappa shape index (κ2) is 11.5. The first-order chi connectivity index (χ1) is 16.3. The van der Waals surface area contributed by atoms with Gasteiger partial charge in [0, 0.05) is 11.6 Å². The van der Waals surface area contributed by atoms with Crippen molar-refractivity contribution < 1.29 is 13.5 Å². The number of primary sulfonamides is 1. The Hall–Kier alpha value is -0.800. The summed E-state index contributed by atoms with van der Waals surface area (Å²) in [5.41, 5.74) is -0.836. The summed E-state index contributed by atoms with van der Waals surface area (Å²) in [5.74, 6) is 0.404. The van der Waals surface area contributed by atoms with Gasteiger partial charge in [-0.3, -0.25) is 4.99 Å². The van der Waals surface area contributed by atoms with Crippen LogP contribution in [0.4, 0.5) is 0 Å². The van der Waals surface area contributed by atoms with Crippen LogP contribution < -0.4 is 5.14 Å². The highest BCUT2D eigenvalue weighted by Crippen LogP contribution is 2.44. The number of halogens is 1. The van der Waals surface area contributed by atoms with Crippen molar-refractivity contribution in [2.24, 2.45) is 10.1 Å². The monoisotopic (exact) mass is 527 g/mol. The number of amidine groups is 1. The van der Waals surface area contributed by atoms with Gasteiger partial charge in [0.2, 0.25) is 10.0 Å². The molecule has 4 rings (SSSR count). The van der Waals surface area contributed by atoms with E-state index in [0.717, 1.165) is 43.7 Å². The van der Waals surface area contributed by atoms with Gasteiger partial charge in [-0.1, -0.05) is 93.6 Å². The maximum absolute atomic E-state index is 12.2. The molecule has 9 heteroatoms. The molecule has 3 fully saturated rings. The van der Waals surface area contributed by atoms with Crippen molar-refractivity contribution in [3.05, 3.63) is 28.8 Å². The predicted molar refractivity (Wildman–Crippen MR) is 141 cm³/mol. The normalized spacial score (nSPS) is 27.9. The summed E-state index contributed by atoms with van der Waals surface area (Å²) >= 11 is 7.75. The summed E-state index contributed by atoms with van der Waals surface area (Å²) in [4.78, 5) is 7.21. The van der Waals surface area contributed by atoms with Crippen molar-refractivity contribution in [1.29, 1.82) is 0 Å². The van der Waals surface area contributed by atoms with Crippen molar-refractivity contribution in [2.75, 3.05) is 5.75 Å². The molecule has 3 aliphatic rings. The minimum atomic E-state index is -4.01. The van der Waals surface area contributed by atoms with Crippen molar-refractivity contribution in [1.82, 2.24) is 4.90 Å². The molecule has 0 spiro atoms. The van der Waals surface area contributed by atoms with Crippen molar-refractivity contribution >= 4 is 38.6 Å². The SMILES string of the molecule is NS(=O)(=O)c1cc(C2(O)CSC(=NC3CCCCCCC3)N2C2CCCCCCC2)ccc1Cl. The molecule has 0 radical (unpaired) electrons. The van der Waals surface area contributed by atoms with Gasteiger partial charge >= 0.3 is 0 Å². The van der Waals surface area contributed by atoms with Gasteiger partial charge in [-0.15, -0.1) is 0 Å². The third-order valence-corrected chi connectivity index (χ3v) is 10.0. The summed E-state index contributed by atoms with van der Waals surface area (Å²) in [6.45, 7) is 0. The second-order valence-corrected chi connectivity index (χ2v) is 13.0. The molecule has 1 aliphatic heterocycles. The molecule has 3 N–H and O–H groups in total. The van der Waals surface area contributed by atoms with E-state index in [4.69, 9.17) is 21.7 Å². The number of aliphatic hydroxyl groups is 1. The van der Waals surface area contributed by atoms with Gasteiger partial charge in [0.1, 0.15) is 4.90 Å². The molecule has 0 aromatic heterocycles. The summed E-state index contributed by atoms with van der Waals surface area (Å²) in [5, 5.41) is 18.6. The Morgan fingerprint density at radius 2 is 1.53 bits per heavy atom. The van der Waals surface area contributed by atoms with Crippen LogP contribution in [0.25, 0.3) is 0 Å². The smallest absolute Gasteiger partial charge is 0.239 e. The van der Waals surface area contributed by atoms with E-state index in [9.17, 15) is 13.5 Å². The van der Waals surface area contributed by atoms with E-state index in [1.54, 1.807) is 17.8 Å². The molecule has 1 saturated heterocycles. The van der Waals surface area contributed by atoms with Crippen LogP contribution in [0.3, 0.4) is 0 Å². The molecule has 1 aromatic carbocycles. The number of benzene rings is 1. The fraction of sp³-hybridized carbons (Fsp3) is 0.720. The zero-order valence-corrected chi connectivity index (χ0v) is 22.3. The van der Waals surface area contributed by atoms with Crippen LogP contribution in [0.2, 0.25) is 5.02 Å². The molecule has 1 unspecified atom stereocenters. The van der Waals surface area contributed by atoms with Gasteiger partial charge in [-0.2, -0.15) is 0 Å². The van der Waals surface area contributed by atoms with Gasteiger partial charge in [0.25, 0.3) is 0 Å². The third-order valence-electron chi connectivity index (χ3n) is 7.51. The van der Waals surface area contributed by atoms with Gasteiger partial charge in [-0.05, 0) is 37.8 Å². The minimum absolute atomic E-state index is 0.0708. The van der Waals surface area contributed by atoms with Crippen LogP contribution in [-0.4, -0.2) is 41.4 Å². The molecular weight excluding hydrogens is 490 g/mol. The molecule has 1 heterocycles. The molecule has 1 atom stereocenters. The van der Waals surface area contributed by atoms with Gasteiger partial charge in [0.05, 0.1) is 16.8 Å². The van der Waals surface area contributed by atoms with Crippen LogP contribution in [0.1, 0.15) is 95.5 Å². The first-order valence-corrected chi connectivity index (χ1v) is 15.8. The quantitative estimate of drug-likeness (QED) is 0.518. The third kappa shape index (κ3) is 6.12. The molecular formula is C25H38ClN3O3S2. The molecule has 6 nitrogen and oxygen atoms in total. The molecule has 0 bridgehead atoms. The van der Waals surface area contributed by atoms with E-state index in [0.29, 0.717) is 11.3 Å². The lowest BCUT2D eigenvalue weighted by Gasteiger charge is -2.41. The zero-order chi connectivity index (χ0) is 24.2. The van der Waals surface area contributed by atoms with Crippen molar-refractivity contribution in [3.8, 4) is 0 Å². The van der Waals surface area contributed by atoms with E-state index in [1.165, 1.54) is 63.5 Å². The van der Waals surface area contributed by atoms with Crippen LogP contribution in [0.5, 0.6) is 0 Å². The second-order valence-electron chi connectivity index (χ2n) is 10.1. The average Bonchev–Trinajstić information content (AvgIpc) is 3.06. The first kappa shape index (κ1) is 26.3. The molecule has 34 heavy (non-hydrogen) atoms. The number of aliphatic imine (C=N–C) groups is 1. The van der Waals surface area contributed by atoms with Gasteiger partial charge < -0.3 is 10.0 Å². The van der Waals surface area contributed by atoms with Gasteiger partial charge in [-0.25, -0.2) is 13.6 Å². The van der Waals surface area contributed by atoms with Gasteiger partial charge in [0.15, 0.2) is 10.9 Å². The molecule has 0 amide bonds. The maximum atomic E-state index is 12.2. The number of nitrogens with two attached hydrogens (primary N) is 1. The predicted octanol–water partition coefficient (Wildman–Crippen LogP) is 5.76. The minimum Gasteiger partial charge on any atom is -0.366 e. The van der Waals surface area contributed by atoms with E-state index < -0.39 is 15.7 Å². The highest BCUT2D eigenvalue weighted by Gasteiger charge is 2.48. The van der Waals surface area contributed by atoms with Crippen LogP contribution >= 0.6 is 23.4 Å². The topological polar surface area (TPSA) is 96.0 Å². The van der Waals surface area contributed by atoms with E-state index >= 15 is 0 Å². The van der Waals surface area contributed by atoms with Crippen LogP contribution in [0, 0.1) is 0 Å². The molecule has 2 saturated carbocycles. The Labute approximate surface area is 213 Å². The highest BCUT2D eigenvalue weighted by molar-refractivity contribution is 8.14. The standard InChI is InChI=1S/C25H38ClN3O3S2/c26-22-16-15-19(17-23(22)34(27,31)32)25(30)18-33-24(28-20-11-7-3-1-4-8-12-20)29(25)21-13-9-5-2-6-10-14-21/h15-17,20-21,30H,1-14,18H2,(H2,27,31,32). The average molecular weight is 528 g/mol. The van der Waals surface area contributed by atoms with Crippen LogP contribution in [-0.2, 0) is 15.7 Å². The lowest BCUT2D eigenvalue weighted by atomic mass is 9.92. The molecule has 190 valence electrons. The summed E-state index contributed by atoms with van der Waals surface area (Å²) in [6.07, 6.45) is 16.4. The number of sulfonamides is 1. The summed E-state index contributed by atoms with van der Waals surface area (Å²) in [7, 11) is -4.01. The molecule has 1 aromatic rings. The lowest BCUT2D eigenvalue weighted by molar-refractivity contribution is -0.0720. The largest absolute Gasteiger partial charge is 0.366 e. The zero-order valence-electron chi connectivity index (χ0n) is 19.9. The summed E-state index contributed by atoms with van der Waals surface area (Å²) in [6, 6.07) is 5.16. The lowest BCUT2D eigenvalue weighted by Crippen LogP contribution is -2.51. The Morgan fingerprint density at radius 3 is 2.12 bits per heavy atom. The Morgan fingerprint density at radius 1 is 0.971 bits per heavy atom. The van der Waals surface area contributed by atoms with Crippen LogP contribution in [0.15, 0.2) is 28.1 Å². The van der Waals surface area contributed by atoms with E-state index in [1.807, 2.05) is 0 Å². The Bertz CT molecular complexity index is 972. The molecule has 2 aliphatic carbocycles. The number of nitrogens with zero attached hydrogens (tertiary/aromatic N) is 2. The fourth-order valence-electron chi connectivity index (χ4n) is 5.63. The fourth-order valence-corrected chi connectivity index (χ4v) is 8.00. The van der Waals surface area contributed by atoms with Crippen molar-refractivity contribution in [3.63, 3.8) is 0 Å². The summed E-state index contributed by atoms with van der Waals surface area (Å²) < 4.78 is 24.3. The van der Waals surface area contributed by atoms with Crippen molar-refractivity contribution in [2.45, 2.75) is 113 Å². The van der Waals surface area contributed by atoms with E-state index in [-0.39, 0.29) is 22.0 Å². The maximum Gasteiger partial charge on any atom is 0.239 e. The van der Waals surface area contributed by atoms with E-state index in [2.05, 4.69) is 4.90 Å². The number of thioether (sulfide) groups is 1. The number of hydrogen-bond acceptors (Lipinski definition) is 5. The highest BCUT2D eigenvalue weighted by atomic mass is 35.5. The number of rotatable bonds is 4.